The summed E-state index contributed by atoms with van der Waals surface area (Å²) in [7, 11) is 10.5. The van der Waals surface area contributed by atoms with Crippen LogP contribution in [-0.2, 0) is 74.4 Å². The van der Waals surface area contributed by atoms with E-state index in [1.54, 1.807) is 77.4 Å². The summed E-state index contributed by atoms with van der Waals surface area (Å²) in [6.07, 6.45) is 12.5. The number of carbonyl (C=O) groups is 8. The van der Waals surface area contributed by atoms with Crippen molar-refractivity contribution >= 4 is 83.3 Å². The first-order valence-electron chi connectivity index (χ1n) is 39.6. The van der Waals surface area contributed by atoms with Crippen LogP contribution in [0.3, 0.4) is 0 Å². The van der Waals surface area contributed by atoms with Crippen molar-refractivity contribution in [3.63, 3.8) is 0 Å². The fourth-order valence-electron chi connectivity index (χ4n) is 9.76. The van der Waals surface area contributed by atoms with Gasteiger partial charge in [-0.2, -0.15) is 23.5 Å². The molecule has 0 aliphatic rings. The maximum Gasteiger partial charge on any atom is 0.407 e. The predicted molar refractivity (Wildman–Crippen MR) is 457 cm³/mol. The molecule has 24 nitrogen and oxygen atoms in total. The monoisotopic (exact) mass is 1650 g/mol. The molecule has 0 spiro atoms. The topological polar surface area (TPSA) is 327 Å². The summed E-state index contributed by atoms with van der Waals surface area (Å²) in [5.41, 5.74) is 2.33. The van der Waals surface area contributed by atoms with Crippen LogP contribution in [-0.4, -0.2) is 159 Å². The van der Waals surface area contributed by atoms with E-state index in [9.17, 15) is 48.5 Å². The highest BCUT2D eigenvalue weighted by atomic mass is 32.2. The second kappa shape index (κ2) is 64.1. The molecule has 0 heterocycles. The molecule has 12 atom stereocenters. The normalized spacial score (nSPS) is 14.0. The van der Waals surface area contributed by atoms with E-state index in [0.717, 1.165) is 103 Å². The number of aliphatic carboxylic acids is 2. The van der Waals surface area contributed by atoms with Crippen LogP contribution in [0.4, 0.5) is 9.59 Å². The number of nitrogens with zero attached hydrogens (tertiary/aromatic N) is 1. The zero-order chi connectivity index (χ0) is 86.8. The van der Waals surface area contributed by atoms with Crippen molar-refractivity contribution in [2.24, 2.45) is 53.3 Å². The molecule has 3 aromatic rings. The van der Waals surface area contributed by atoms with Crippen molar-refractivity contribution < 1.29 is 96.1 Å². The van der Waals surface area contributed by atoms with Gasteiger partial charge in [0.15, 0.2) is 0 Å². The van der Waals surface area contributed by atoms with Crippen LogP contribution in [0.2, 0.25) is 0 Å². The van der Waals surface area contributed by atoms with Crippen molar-refractivity contribution in [2.45, 2.75) is 265 Å². The van der Waals surface area contributed by atoms with Crippen LogP contribution >= 0.6 is 35.3 Å². The second-order valence-electron chi connectivity index (χ2n) is 30.8. The minimum atomic E-state index is -0.797. The average Bonchev–Trinajstić information content (AvgIpc) is 0.907. The summed E-state index contributed by atoms with van der Waals surface area (Å²) in [5, 5.41) is 34.2. The minimum absolute atomic E-state index is 0.0593. The van der Waals surface area contributed by atoms with Crippen molar-refractivity contribution in [3.05, 3.63) is 99.6 Å². The van der Waals surface area contributed by atoms with E-state index < -0.39 is 41.2 Å². The van der Waals surface area contributed by atoms with Gasteiger partial charge in [-0.25, -0.2) is 9.59 Å². The number of benzene rings is 3. The third kappa shape index (κ3) is 60.1. The number of nitrogens with one attached hydrogen (secondary N) is 2. The maximum atomic E-state index is 12.0. The highest BCUT2D eigenvalue weighted by Gasteiger charge is 2.25. The van der Waals surface area contributed by atoms with Crippen molar-refractivity contribution in [1.82, 2.24) is 10.6 Å². The van der Waals surface area contributed by atoms with E-state index >= 15 is 0 Å². The molecule has 0 aliphatic carbocycles. The van der Waals surface area contributed by atoms with Gasteiger partial charge in [0, 0.05) is 45.8 Å². The molecule has 648 valence electrons. The molecule has 2 amide bonds. The molecule has 0 saturated carbocycles. The Labute approximate surface area is 690 Å². The lowest BCUT2D eigenvalue weighted by atomic mass is 9.96. The minimum Gasteiger partial charge on any atom is -0.497 e. The number of thioether (sulfide) groups is 3. The van der Waals surface area contributed by atoms with E-state index in [0.29, 0.717) is 56.9 Å². The SMILES string of the molecule is CCC(C)CC[C@H](C)C(=O)O.CCC(C)CC[C@H](C)C(=O)OC.CCC(C)CC[C@H](C)C(=O)OC.COC(=O)[C@@H](C)CCC(CNC(=O)OC(C)(C)C)SCc1ccc(OC)cc1.COC(=O)[C@@H](C)CCC(C[N+](=O)[O-])SCc1ccc(OC)cc1.COc1ccc(CSC(CC[C@H](C)C(=O)O)CNC(=O)OC(C)(C)C)cc1. The molecule has 0 aromatic heterocycles. The molecule has 4 N–H and O–H groups in total. The summed E-state index contributed by atoms with van der Waals surface area (Å²) in [4.78, 5) is 101. The molecular formula is C86H145N3O21S3. The first kappa shape index (κ1) is 110. The zero-order valence-electron chi connectivity index (χ0n) is 73.0. The molecule has 0 saturated heterocycles. The number of alkyl carbamates (subject to hydrolysis) is 2. The Morgan fingerprint density at radius 2 is 0.611 bits per heavy atom. The number of nitro groups is 1. The van der Waals surface area contributed by atoms with Crippen molar-refractivity contribution in [2.75, 3.05) is 69.4 Å². The van der Waals surface area contributed by atoms with Crippen LogP contribution < -0.4 is 24.8 Å². The first-order chi connectivity index (χ1) is 53.0. The molecular weight excluding hydrogens is 1510 g/mol. The Kier molecular flexibility index (Phi) is 62.4. The molecule has 27 heteroatoms. The number of hydrogen-bond donors (Lipinski definition) is 4. The molecule has 6 unspecified atom stereocenters. The second-order valence-corrected chi connectivity index (χ2v) is 34.7. The Bertz CT molecular complexity index is 3030. The van der Waals surface area contributed by atoms with Gasteiger partial charge in [-0.3, -0.25) is 38.9 Å². The largest absolute Gasteiger partial charge is 0.497 e. The molecule has 0 bridgehead atoms. The fourth-order valence-corrected chi connectivity index (χ4v) is 13.2. The molecule has 113 heavy (non-hydrogen) atoms. The third-order valence-corrected chi connectivity index (χ3v) is 22.5. The van der Waals surface area contributed by atoms with E-state index in [4.69, 9.17) is 38.6 Å². The van der Waals surface area contributed by atoms with Crippen LogP contribution in [0.15, 0.2) is 72.8 Å². The lowest BCUT2D eigenvalue weighted by molar-refractivity contribution is -0.479. The number of amides is 2. The summed E-state index contributed by atoms with van der Waals surface area (Å²) in [5.74, 6) is 3.78. The number of hydrogen-bond acceptors (Lipinski definition) is 22. The average molecular weight is 1650 g/mol. The smallest absolute Gasteiger partial charge is 0.407 e. The third-order valence-electron chi connectivity index (χ3n) is 18.4. The van der Waals surface area contributed by atoms with Gasteiger partial charge >= 0.3 is 48.0 Å². The Balaban J connectivity index is -0.00000134. The van der Waals surface area contributed by atoms with E-state index in [-0.39, 0.29) is 80.7 Å². The lowest BCUT2D eigenvalue weighted by Crippen LogP contribution is -2.36. The lowest BCUT2D eigenvalue weighted by Gasteiger charge is -2.22. The Hall–Kier alpha value is -7.13. The van der Waals surface area contributed by atoms with Gasteiger partial charge in [0.05, 0.1) is 90.5 Å². The Morgan fingerprint density at radius 3 is 0.832 bits per heavy atom. The van der Waals surface area contributed by atoms with E-state index in [2.05, 4.69) is 66.4 Å². The van der Waals surface area contributed by atoms with E-state index in [1.807, 2.05) is 135 Å². The predicted octanol–water partition coefficient (Wildman–Crippen LogP) is 19.7. The van der Waals surface area contributed by atoms with Gasteiger partial charge in [-0.1, -0.05) is 139 Å². The molecule has 0 radical (unpaired) electrons. The van der Waals surface area contributed by atoms with Gasteiger partial charge in [-0.05, 0) is 189 Å². The number of ether oxygens (including phenoxy) is 9. The Morgan fingerprint density at radius 1 is 0.381 bits per heavy atom. The molecule has 3 aromatic carbocycles. The number of rotatable bonds is 45. The number of esters is 4. The van der Waals surface area contributed by atoms with Gasteiger partial charge < -0.3 is 63.5 Å². The summed E-state index contributed by atoms with van der Waals surface area (Å²) in [6.45, 7) is 35.8. The standard InChI is InChI=1S/C21H33NO5S.C20H31NO5S.C16H23NO5S.2C10H20O2.C9H18O2/c1-15(19(23)26-6)7-12-18(13-22-20(24)27-21(2,3)4)28-14-16-8-10-17(25-5)11-9-16;1-14(18(22)23)6-11-17(12-21-19(24)26-20(2,3)4)27-13-15-7-9-16(25-5)10-8-15;1-12(16(18)22-3)4-9-15(10-17(19)20)23-11-13-5-7-14(21-2)8-6-13;2*1-5-8(2)6-7-9(3)10(11)12-4;1-4-7(2)5-6-8(3)9(10)11/h8-11,15,18H,7,12-14H2,1-6H3,(H,22,24);7-10,14,17H,6,11-13H2,1-5H3,(H,21,24)(H,22,23);5-8,12,15H,4,9-11H2,1-3H3;2*8-9H,5-7H2,1-4H3;7-8H,4-6H2,1-3H3,(H,10,11)/t15-,18?;14-,17?;12-,15?;2*8?,9-;7?,8-/m000000/s1. The van der Waals surface area contributed by atoms with E-state index in [1.165, 1.54) is 46.8 Å². The highest BCUT2D eigenvalue weighted by Crippen LogP contribution is 2.29. The summed E-state index contributed by atoms with van der Waals surface area (Å²) >= 11 is 4.99. The van der Waals surface area contributed by atoms with Gasteiger partial charge in [0.25, 0.3) is 0 Å². The number of methoxy groups -OCH3 is 7. The summed E-state index contributed by atoms with van der Waals surface area (Å²) in [6, 6.07) is 23.4. The van der Waals surface area contributed by atoms with Gasteiger partial charge in [0.2, 0.25) is 6.54 Å². The highest BCUT2D eigenvalue weighted by molar-refractivity contribution is 7.99. The summed E-state index contributed by atoms with van der Waals surface area (Å²) < 4.78 is 44.8. The molecule has 3 rings (SSSR count). The van der Waals surface area contributed by atoms with Gasteiger partial charge in [0.1, 0.15) is 28.5 Å². The van der Waals surface area contributed by atoms with Crippen LogP contribution in [0.25, 0.3) is 0 Å². The quantitative estimate of drug-likeness (QED) is 0.0177. The number of carbonyl (C=O) groups excluding carboxylic acids is 6. The van der Waals surface area contributed by atoms with Crippen molar-refractivity contribution in [1.29, 1.82) is 0 Å². The fraction of sp³-hybridized carbons (Fsp3) is 0.698. The molecule has 0 aliphatic heterocycles. The number of carboxylic acids is 2. The van der Waals surface area contributed by atoms with Crippen LogP contribution in [0.1, 0.15) is 238 Å². The van der Waals surface area contributed by atoms with Crippen LogP contribution in [0, 0.1) is 63.4 Å². The number of carboxylic acid groups (broad SMARTS) is 2. The van der Waals surface area contributed by atoms with Gasteiger partial charge in [-0.15, -0.1) is 11.8 Å². The van der Waals surface area contributed by atoms with Crippen molar-refractivity contribution in [3.8, 4) is 17.2 Å². The first-order valence-corrected chi connectivity index (χ1v) is 42.7. The maximum absolute atomic E-state index is 12.0. The zero-order valence-corrected chi connectivity index (χ0v) is 75.5. The molecule has 0 fully saturated rings. The van der Waals surface area contributed by atoms with Crippen LogP contribution in [0.5, 0.6) is 17.2 Å².